The van der Waals surface area contributed by atoms with Crippen molar-refractivity contribution >= 4 is 13.5 Å². The molecular weight excluding hydrogens is 241 g/mol. The second-order valence-electron chi connectivity index (χ2n) is 6.18. The van der Waals surface area contributed by atoms with Gasteiger partial charge in [0.15, 0.2) is 0 Å². The molecule has 0 N–H and O–H groups in total. The van der Waals surface area contributed by atoms with E-state index in [4.69, 9.17) is 0 Å². The third kappa shape index (κ3) is 2.32. The number of nitrogens with zero attached hydrogens (tertiary/aromatic N) is 1. The highest BCUT2D eigenvalue weighted by Gasteiger charge is 2.24. The van der Waals surface area contributed by atoms with Crippen LogP contribution in [0.15, 0.2) is 48.5 Å². The Bertz CT molecular complexity index is 701. The Labute approximate surface area is 122 Å². The number of hydrogen-bond acceptors (Lipinski definition) is 1. The molecule has 0 aromatic heterocycles. The maximum Gasteiger partial charge on any atom is 0.134 e. The van der Waals surface area contributed by atoms with E-state index < -0.39 is 0 Å². The van der Waals surface area contributed by atoms with Gasteiger partial charge in [-0.25, -0.2) is 0 Å². The first-order chi connectivity index (χ1) is 9.55. The summed E-state index contributed by atoms with van der Waals surface area (Å²) in [5.41, 5.74) is 4.82. The summed E-state index contributed by atoms with van der Waals surface area (Å²) in [5.74, 6) is 6.65. The summed E-state index contributed by atoms with van der Waals surface area (Å²) in [5, 5.41) is 0. The van der Waals surface area contributed by atoms with E-state index in [1.54, 1.807) is 0 Å². The molecule has 3 rings (SSSR count). The van der Waals surface area contributed by atoms with Gasteiger partial charge in [-0.05, 0) is 37.6 Å². The monoisotopic (exact) mass is 259 g/mol. The molecule has 2 aromatic carbocycles. The lowest BCUT2D eigenvalue weighted by molar-refractivity contribution is 0.617. The number of para-hydroxylation sites is 1. The fourth-order valence-electron chi connectivity index (χ4n) is 2.58. The largest absolute Gasteiger partial charge is 0.369 e. The van der Waals surface area contributed by atoms with Gasteiger partial charge in [0.2, 0.25) is 0 Å². The van der Waals surface area contributed by atoms with Crippen LogP contribution in [0.4, 0.5) is 5.69 Å². The fraction of sp³-hybridized carbons (Fsp3) is 0.222. The highest BCUT2D eigenvalue weighted by Crippen LogP contribution is 2.29. The lowest BCUT2D eigenvalue weighted by atomic mass is 9.78. The number of fused-ring (bicyclic) bond motifs is 2. The molecule has 1 nitrogen and oxygen atoms in total. The van der Waals surface area contributed by atoms with Crippen LogP contribution in [0.2, 0.25) is 0 Å². The Morgan fingerprint density at radius 3 is 2.30 bits per heavy atom. The smallest absolute Gasteiger partial charge is 0.134 e. The Morgan fingerprint density at radius 2 is 1.55 bits per heavy atom. The Kier molecular flexibility index (Phi) is 3.06. The van der Waals surface area contributed by atoms with Crippen LogP contribution in [0.25, 0.3) is 0 Å². The van der Waals surface area contributed by atoms with Crippen molar-refractivity contribution in [1.82, 2.24) is 0 Å². The standard InChI is InChI=1S/C18H18BN/c1-18(2,19)20-13-16-9-4-3-7-14(16)11-12-15-8-5-6-10-17(15)20/h3-10H,13,19H2,1-2H3. The van der Waals surface area contributed by atoms with Crippen molar-refractivity contribution in [2.45, 2.75) is 25.8 Å². The van der Waals surface area contributed by atoms with Gasteiger partial charge in [-0.3, -0.25) is 0 Å². The minimum atomic E-state index is 0.0578. The van der Waals surface area contributed by atoms with Gasteiger partial charge in [0, 0.05) is 23.1 Å². The first-order valence-corrected chi connectivity index (χ1v) is 7.02. The van der Waals surface area contributed by atoms with Gasteiger partial charge >= 0.3 is 0 Å². The van der Waals surface area contributed by atoms with Crippen molar-refractivity contribution in [3.63, 3.8) is 0 Å². The summed E-state index contributed by atoms with van der Waals surface area (Å²) in [4.78, 5) is 2.44. The second-order valence-corrected chi connectivity index (χ2v) is 6.18. The van der Waals surface area contributed by atoms with E-state index in [-0.39, 0.29) is 5.44 Å². The lowest BCUT2D eigenvalue weighted by Crippen LogP contribution is -2.44. The van der Waals surface area contributed by atoms with Gasteiger partial charge in [-0.2, -0.15) is 0 Å². The molecule has 0 saturated heterocycles. The van der Waals surface area contributed by atoms with E-state index >= 15 is 0 Å². The fourth-order valence-corrected chi connectivity index (χ4v) is 2.58. The minimum absolute atomic E-state index is 0.0578. The van der Waals surface area contributed by atoms with Crippen LogP contribution in [-0.4, -0.2) is 13.3 Å². The molecule has 0 fully saturated rings. The number of benzene rings is 2. The zero-order chi connectivity index (χ0) is 14.2. The number of anilines is 1. The molecule has 0 atom stereocenters. The molecule has 0 amide bonds. The first-order valence-electron chi connectivity index (χ1n) is 7.02. The lowest BCUT2D eigenvalue weighted by Gasteiger charge is -2.39. The molecule has 98 valence electrons. The molecule has 0 bridgehead atoms. The van der Waals surface area contributed by atoms with Gasteiger partial charge in [0.05, 0.1) is 5.69 Å². The average Bonchev–Trinajstić information content (AvgIpc) is 2.40. The molecule has 0 aliphatic carbocycles. The average molecular weight is 259 g/mol. The van der Waals surface area contributed by atoms with Gasteiger partial charge in [-0.15, -0.1) is 0 Å². The Hall–Kier alpha value is -2.14. The highest BCUT2D eigenvalue weighted by molar-refractivity contribution is 6.16. The van der Waals surface area contributed by atoms with Gasteiger partial charge < -0.3 is 4.90 Å². The molecule has 0 unspecified atom stereocenters. The minimum Gasteiger partial charge on any atom is -0.369 e. The predicted molar refractivity (Wildman–Crippen MR) is 87.7 cm³/mol. The Balaban J connectivity index is 2.23. The molecule has 2 aromatic rings. The van der Waals surface area contributed by atoms with E-state index in [2.05, 4.69) is 87.0 Å². The molecule has 0 radical (unpaired) electrons. The molecule has 1 aliphatic rings. The topological polar surface area (TPSA) is 3.24 Å². The molecule has 20 heavy (non-hydrogen) atoms. The van der Waals surface area contributed by atoms with Crippen LogP contribution in [0.5, 0.6) is 0 Å². The normalized spacial score (nSPS) is 13.4. The van der Waals surface area contributed by atoms with Crippen molar-refractivity contribution in [3.05, 3.63) is 65.2 Å². The molecule has 1 aliphatic heterocycles. The summed E-state index contributed by atoms with van der Waals surface area (Å²) in [7, 11) is 2.25. The van der Waals surface area contributed by atoms with Crippen molar-refractivity contribution in [3.8, 4) is 11.8 Å². The van der Waals surface area contributed by atoms with Gasteiger partial charge in [-0.1, -0.05) is 42.2 Å². The zero-order valence-corrected chi connectivity index (χ0v) is 12.3. The van der Waals surface area contributed by atoms with Gasteiger partial charge in [0.25, 0.3) is 0 Å². The Morgan fingerprint density at radius 1 is 0.950 bits per heavy atom. The second kappa shape index (κ2) is 4.76. The van der Waals surface area contributed by atoms with E-state index in [0.29, 0.717) is 0 Å². The van der Waals surface area contributed by atoms with Crippen LogP contribution in [0, 0.1) is 11.8 Å². The van der Waals surface area contributed by atoms with E-state index in [1.807, 2.05) is 0 Å². The summed E-state index contributed by atoms with van der Waals surface area (Å²) in [6.07, 6.45) is 0. The zero-order valence-electron chi connectivity index (χ0n) is 12.3. The maximum absolute atomic E-state index is 3.33. The number of rotatable bonds is 1. The number of hydrogen-bond donors (Lipinski definition) is 0. The van der Waals surface area contributed by atoms with Crippen molar-refractivity contribution in [2.75, 3.05) is 4.90 Å². The van der Waals surface area contributed by atoms with E-state index in [0.717, 1.165) is 17.7 Å². The highest BCUT2D eigenvalue weighted by atomic mass is 15.2. The quantitative estimate of drug-likeness (QED) is 0.562. The first kappa shape index (κ1) is 12.9. The van der Waals surface area contributed by atoms with E-state index in [1.165, 1.54) is 11.3 Å². The molecule has 1 heterocycles. The van der Waals surface area contributed by atoms with Crippen LogP contribution in [-0.2, 0) is 6.54 Å². The summed E-state index contributed by atoms with van der Waals surface area (Å²) < 4.78 is 0. The summed E-state index contributed by atoms with van der Waals surface area (Å²) >= 11 is 0. The van der Waals surface area contributed by atoms with Crippen molar-refractivity contribution < 1.29 is 0 Å². The molecule has 0 spiro atoms. The van der Waals surface area contributed by atoms with E-state index in [9.17, 15) is 0 Å². The van der Waals surface area contributed by atoms with Crippen LogP contribution in [0.3, 0.4) is 0 Å². The van der Waals surface area contributed by atoms with Crippen LogP contribution < -0.4 is 4.90 Å². The maximum atomic E-state index is 3.33. The van der Waals surface area contributed by atoms with Crippen LogP contribution in [0.1, 0.15) is 30.5 Å². The van der Waals surface area contributed by atoms with Crippen molar-refractivity contribution in [2.24, 2.45) is 0 Å². The molecule has 2 heteroatoms. The molecular formula is C18H18BN. The third-order valence-corrected chi connectivity index (χ3v) is 3.68. The van der Waals surface area contributed by atoms with Crippen molar-refractivity contribution in [1.29, 1.82) is 0 Å². The summed E-state index contributed by atoms with van der Waals surface area (Å²) in [6, 6.07) is 16.9. The van der Waals surface area contributed by atoms with Gasteiger partial charge in [0.1, 0.15) is 7.85 Å². The predicted octanol–water partition coefficient (Wildman–Crippen LogP) is 2.78. The molecule has 0 saturated carbocycles. The summed E-state index contributed by atoms with van der Waals surface area (Å²) in [6.45, 7) is 5.40. The third-order valence-electron chi connectivity index (χ3n) is 3.68. The SMILES string of the molecule is BC(C)(C)N1Cc2ccccc2C#Cc2ccccc21. The van der Waals surface area contributed by atoms with Crippen LogP contribution >= 0.6 is 0 Å².